The van der Waals surface area contributed by atoms with E-state index in [1.54, 1.807) is 12.3 Å². The van der Waals surface area contributed by atoms with Crippen molar-refractivity contribution in [1.82, 2.24) is 14.7 Å². The lowest BCUT2D eigenvalue weighted by Crippen LogP contribution is -2.32. The van der Waals surface area contributed by atoms with E-state index in [0.717, 1.165) is 6.07 Å². The molecule has 1 aliphatic heterocycles. The lowest BCUT2D eigenvalue weighted by molar-refractivity contribution is 0.250. The molecule has 1 atom stereocenters. The zero-order chi connectivity index (χ0) is 16.6. The van der Waals surface area contributed by atoms with E-state index in [0.29, 0.717) is 18.7 Å². The topological polar surface area (TPSA) is 55.2 Å². The fraction of sp³-hybridized carbons (Fsp3) is 0.400. The van der Waals surface area contributed by atoms with Gasteiger partial charge in [0.2, 0.25) is 0 Å². The van der Waals surface area contributed by atoms with Crippen LogP contribution in [0, 0.1) is 11.6 Å². The Morgan fingerprint density at radius 1 is 1.35 bits per heavy atom. The normalized spacial score (nSPS) is 20.3. The highest BCUT2D eigenvalue weighted by Crippen LogP contribution is 2.19. The molecule has 5 nitrogen and oxygen atoms in total. The third-order valence-electron chi connectivity index (χ3n) is 4.04. The number of nitrogens with zero attached hydrogens (tertiary/aromatic N) is 3. The summed E-state index contributed by atoms with van der Waals surface area (Å²) >= 11 is 0. The standard InChI is InChI=1S/C15H17F2N3O2S/c1-19(13-5-7-23(21,22)10-13)9-12-4-6-20(18-12)15-3-2-11(16)8-14(15)17/h2-4,6,8,13H,5,7,9-10H2,1H3/t13-/m0/s1. The van der Waals surface area contributed by atoms with Crippen LogP contribution < -0.4 is 0 Å². The molecule has 0 amide bonds. The van der Waals surface area contributed by atoms with Crippen molar-refractivity contribution in [2.75, 3.05) is 18.6 Å². The van der Waals surface area contributed by atoms with Gasteiger partial charge in [0, 0.05) is 24.8 Å². The van der Waals surface area contributed by atoms with Gasteiger partial charge in [0.25, 0.3) is 0 Å². The monoisotopic (exact) mass is 341 g/mol. The van der Waals surface area contributed by atoms with Gasteiger partial charge in [0.15, 0.2) is 15.7 Å². The fourth-order valence-corrected chi connectivity index (χ4v) is 4.56. The molecule has 8 heteroatoms. The molecule has 1 saturated heterocycles. The molecule has 0 saturated carbocycles. The molecule has 0 aliphatic carbocycles. The van der Waals surface area contributed by atoms with Crippen molar-refractivity contribution < 1.29 is 17.2 Å². The van der Waals surface area contributed by atoms with Gasteiger partial charge in [0.05, 0.1) is 17.2 Å². The Bertz CT molecular complexity index is 820. The van der Waals surface area contributed by atoms with E-state index in [-0.39, 0.29) is 23.2 Å². The number of rotatable bonds is 4. The van der Waals surface area contributed by atoms with E-state index < -0.39 is 21.5 Å². The Labute approximate surface area is 133 Å². The van der Waals surface area contributed by atoms with E-state index in [2.05, 4.69) is 5.10 Å². The van der Waals surface area contributed by atoms with Gasteiger partial charge in [-0.15, -0.1) is 0 Å². The maximum atomic E-state index is 13.8. The molecule has 1 aromatic heterocycles. The molecule has 23 heavy (non-hydrogen) atoms. The van der Waals surface area contributed by atoms with Crippen LogP contribution in [0.4, 0.5) is 8.78 Å². The summed E-state index contributed by atoms with van der Waals surface area (Å²) in [6.45, 7) is 0.468. The minimum absolute atomic E-state index is 0.0206. The number of aromatic nitrogens is 2. The van der Waals surface area contributed by atoms with Crippen LogP contribution in [-0.4, -0.2) is 47.7 Å². The second-order valence-electron chi connectivity index (χ2n) is 5.82. The molecule has 2 aromatic rings. The minimum atomic E-state index is -2.93. The Kier molecular flexibility index (Phi) is 4.20. The quantitative estimate of drug-likeness (QED) is 0.850. The minimum Gasteiger partial charge on any atom is -0.296 e. The van der Waals surface area contributed by atoms with Gasteiger partial charge in [0.1, 0.15) is 11.5 Å². The number of hydrogen-bond donors (Lipinski definition) is 0. The van der Waals surface area contributed by atoms with Crippen molar-refractivity contribution in [2.45, 2.75) is 19.0 Å². The van der Waals surface area contributed by atoms with Gasteiger partial charge in [-0.2, -0.15) is 5.10 Å². The number of sulfone groups is 1. The van der Waals surface area contributed by atoms with E-state index in [4.69, 9.17) is 0 Å². The van der Waals surface area contributed by atoms with Gasteiger partial charge >= 0.3 is 0 Å². The summed E-state index contributed by atoms with van der Waals surface area (Å²) in [6, 6.07) is 5.03. The van der Waals surface area contributed by atoms with Gasteiger partial charge in [-0.25, -0.2) is 21.9 Å². The third-order valence-corrected chi connectivity index (χ3v) is 5.79. The molecule has 0 unspecified atom stereocenters. The molecule has 0 spiro atoms. The third kappa shape index (κ3) is 3.59. The first kappa shape index (κ1) is 16.1. The lowest BCUT2D eigenvalue weighted by Gasteiger charge is -2.21. The second kappa shape index (κ2) is 6.01. The number of benzene rings is 1. The molecule has 1 aliphatic rings. The summed E-state index contributed by atoms with van der Waals surface area (Å²) in [5.41, 5.74) is 0.865. The van der Waals surface area contributed by atoms with Crippen molar-refractivity contribution in [1.29, 1.82) is 0 Å². The van der Waals surface area contributed by atoms with Crippen molar-refractivity contribution in [3.05, 3.63) is 47.8 Å². The number of hydrogen-bond acceptors (Lipinski definition) is 4. The molecule has 2 heterocycles. The Balaban J connectivity index is 1.72. The van der Waals surface area contributed by atoms with Gasteiger partial charge in [-0.3, -0.25) is 4.90 Å². The highest BCUT2D eigenvalue weighted by molar-refractivity contribution is 7.91. The largest absolute Gasteiger partial charge is 0.296 e. The first-order chi connectivity index (χ1) is 10.8. The van der Waals surface area contributed by atoms with E-state index in [9.17, 15) is 17.2 Å². The predicted octanol–water partition coefficient (Wildman–Crippen LogP) is 1.77. The zero-order valence-electron chi connectivity index (χ0n) is 12.6. The molecule has 0 bridgehead atoms. The lowest BCUT2D eigenvalue weighted by atomic mass is 10.2. The summed E-state index contributed by atoms with van der Waals surface area (Å²) < 4.78 is 51.1. The van der Waals surface area contributed by atoms with Crippen molar-refractivity contribution in [3.63, 3.8) is 0 Å². The number of halogens is 2. The molecule has 3 rings (SSSR count). The molecule has 0 radical (unpaired) electrons. The highest BCUT2D eigenvalue weighted by atomic mass is 32.2. The fourth-order valence-electron chi connectivity index (χ4n) is 2.75. The Hall–Kier alpha value is -1.80. The average molecular weight is 341 g/mol. The average Bonchev–Trinajstić information content (AvgIpc) is 3.05. The smallest absolute Gasteiger partial charge is 0.151 e. The van der Waals surface area contributed by atoms with Crippen LogP contribution in [-0.2, 0) is 16.4 Å². The first-order valence-corrected chi connectivity index (χ1v) is 9.07. The van der Waals surface area contributed by atoms with Gasteiger partial charge < -0.3 is 0 Å². The van der Waals surface area contributed by atoms with Gasteiger partial charge in [-0.05, 0) is 31.7 Å². The molecule has 1 fully saturated rings. The molecular formula is C15H17F2N3O2S. The van der Waals surface area contributed by atoms with Crippen LogP contribution in [0.25, 0.3) is 5.69 Å². The van der Waals surface area contributed by atoms with Crippen LogP contribution in [0.3, 0.4) is 0 Å². The van der Waals surface area contributed by atoms with Crippen LogP contribution >= 0.6 is 0 Å². The van der Waals surface area contributed by atoms with Crippen LogP contribution in [0.5, 0.6) is 0 Å². The van der Waals surface area contributed by atoms with Crippen LogP contribution in [0.15, 0.2) is 30.5 Å². The van der Waals surface area contributed by atoms with Crippen LogP contribution in [0.1, 0.15) is 12.1 Å². The van der Waals surface area contributed by atoms with Crippen molar-refractivity contribution in [2.24, 2.45) is 0 Å². The summed E-state index contributed by atoms with van der Waals surface area (Å²) in [7, 11) is -1.08. The van der Waals surface area contributed by atoms with Crippen LogP contribution in [0.2, 0.25) is 0 Å². The van der Waals surface area contributed by atoms with Crippen molar-refractivity contribution in [3.8, 4) is 5.69 Å². The van der Waals surface area contributed by atoms with E-state index >= 15 is 0 Å². The summed E-state index contributed by atoms with van der Waals surface area (Å²) in [5.74, 6) is -0.940. The van der Waals surface area contributed by atoms with Gasteiger partial charge in [-0.1, -0.05) is 0 Å². The van der Waals surface area contributed by atoms with Crippen molar-refractivity contribution >= 4 is 9.84 Å². The molecule has 1 aromatic carbocycles. The summed E-state index contributed by atoms with van der Waals surface area (Å²) in [4.78, 5) is 1.94. The first-order valence-electron chi connectivity index (χ1n) is 7.25. The maximum Gasteiger partial charge on any atom is 0.151 e. The second-order valence-corrected chi connectivity index (χ2v) is 8.05. The highest BCUT2D eigenvalue weighted by Gasteiger charge is 2.30. The predicted molar refractivity (Wildman–Crippen MR) is 82.0 cm³/mol. The molecular weight excluding hydrogens is 324 g/mol. The van der Waals surface area contributed by atoms with E-state index in [1.165, 1.54) is 16.8 Å². The zero-order valence-corrected chi connectivity index (χ0v) is 13.4. The molecule has 0 N–H and O–H groups in total. The SMILES string of the molecule is CN(Cc1ccn(-c2ccc(F)cc2F)n1)[C@H]1CCS(=O)(=O)C1. The Morgan fingerprint density at radius 3 is 2.78 bits per heavy atom. The summed E-state index contributed by atoms with van der Waals surface area (Å²) in [5, 5.41) is 4.28. The Morgan fingerprint density at radius 2 is 2.13 bits per heavy atom. The molecule has 124 valence electrons. The maximum absolute atomic E-state index is 13.8. The summed E-state index contributed by atoms with van der Waals surface area (Å²) in [6.07, 6.45) is 2.22. The van der Waals surface area contributed by atoms with E-state index in [1.807, 2.05) is 11.9 Å².